The van der Waals surface area contributed by atoms with E-state index in [2.05, 4.69) is 10.5 Å². The van der Waals surface area contributed by atoms with Crippen LogP contribution in [0.5, 0.6) is 0 Å². The molecule has 2 aliphatic carbocycles. The first-order valence-electron chi connectivity index (χ1n) is 6.81. The van der Waals surface area contributed by atoms with E-state index in [1.807, 2.05) is 6.21 Å². The van der Waals surface area contributed by atoms with Crippen molar-refractivity contribution >= 4 is 23.7 Å². The monoisotopic (exact) mass is 276 g/mol. The molecule has 3 atom stereocenters. The van der Waals surface area contributed by atoms with Crippen LogP contribution >= 0.6 is 11.6 Å². The summed E-state index contributed by atoms with van der Waals surface area (Å²) in [6.45, 7) is 0. The summed E-state index contributed by atoms with van der Waals surface area (Å²) in [6.07, 6.45) is 7.23. The van der Waals surface area contributed by atoms with Gasteiger partial charge in [-0.3, -0.25) is 4.79 Å². The number of benzene rings is 1. The first-order valence-corrected chi connectivity index (χ1v) is 7.19. The first kappa shape index (κ1) is 12.7. The summed E-state index contributed by atoms with van der Waals surface area (Å²) in [6, 6.07) is 6.81. The second kappa shape index (κ2) is 5.33. The third-order valence-corrected chi connectivity index (χ3v) is 4.58. The number of carbonyl (C=O) groups excluding carboxylic acids is 1. The molecule has 0 saturated heterocycles. The van der Waals surface area contributed by atoms with Gasteiger partial charge in [0.1, 0.15) is 0 Å². The lowest BCUT2D eigenvalue weighted by Gasteiger charge is -2.16. The fraction of sp³-hybridized carbons (Fsp3) is 0.467. The zero-order chi connectivity index (χ0) is 13.2. The minimum atomic E-state index is -0.184. The molecule has 100 valence electrons. The molecule has 4 heteroatoms. The summed E-state index contributed by atoms with van der Waals surface area (Å²) >= 11 is 5.78. The van der Waals surface area contributed by atoms with Gasteiger partial charge in [-0.1, -0.05) is 18.0 Å². The maximum absolute atomic E-state index is 11.8. The molecule has 2 saturated carbocycles. The van der Waals surface area contributed by atoms with E-state index in [0.29, 0.717) is 16.5 Å². The molecule has 0 spiro atoms. The lowest BCUT2D eigenvalue weighted by Crippen LogP contribution is -2.20. The summed E-state index contributed by atoms with van der Waals surface area (Å²) in [4.78, 5) is 11.8. The Labute approximate surface area is 118 Å². The molecular weight excluding hydrogens is 260 g/mol. The van der Waals surface area contributed by atoms with Gasteiger partial charge in [0.2, 0.25) is 0 Å². The zero-order valence-corrected chi connectivity index (χ0v) is 11.4. The molecule has 0 aliphatic heterocycles. The van der Waals surface area contributed by atoms with E-state index in [0.717, 1.165) is 11.8 Å². The van der Waals surface area contributed by atoms with Gasteiger partial charge < -0.3 is 0 Å². The summed E-state index contributed by atoms with van der Waals surface area (Å²) in [5, 5.41) is 4.74. The molecule has 0 unspecified atom stereocenters. The van der Waals surface area contributed by atoms with Crippen molar-refractivity contribution in [3.05, 3.63) is 34.9 Å². The van der Waals surface area contributed by atoms with E-state index in [9.17, 15) is 4.79 Å². The van der Waals surface area contributed by atoms with Gasteiger partial charge in [-0.2, -0.15) is 5.10 Å². The van der Waals surface area contributed by atoms with E-state index in [1.54, 1.807) is 24.3 Å². The number of halogens is 1. The largest absolute Gasteiger partial charge is 0.271 e. The molecule has 1 aromatic carbocycles. The van der Waals surface area contributed by atoms with Crippen molar-refractivity contribution in [3.63, 3.8) is 0 Å². The SMILES string of the molecule is O=C(N/N=C\[C@H]1C[C@H]2CC[C@@H]1C2)c1ccc(Cl)cc1. The van der Waals surface area contributed by atoms with Gasteiger partial charge in [-0.15, -0.1) is 0 Å². The fourth-order valence-electron chi connectivity index (χ4n) is 3.33. The lowest BCUT2D eigenvalue weighted by molar-refractivity contribution is 0.0955. The normalized spacial score (nSPS) is 29.0. The first-order chi connectivity index (χ1) is 9.22. The third-order valence-electron chi connectivity index (χ3n) is 4.33. The van der Waals surface area contributed by atoms with E-state index < -0.39 is 0 Å². The van der Waals surface area contributed by atoms with Crippen LogP contribution < -0.4 is 5.43 Å². The van der Waals surface area contributed by atoms with Crippen molar-refractivity contribution in [2.45, 2.75) is 25.7 Å². The quantitative estimate of drug-likeness (QED) is 0.666. The molecule has 1 N–H and O–H groups in total. The highest BCUT2D eigenvalue weighted by molar-refractivity contribution is 6.30. The number of hydrogen-bond acceptors (Lipinski definition) is 2. The Bertz CT molecular complexity index is 497. The molecule has 3 nitrogen and oxygen atoms in total. The number of fused-ring (bicyclic) bond motifs is 2. The summed E-state index contributed by atoms with van der Waals surface area (Å²) in [5.41, 5.74) is 3.17. The second-order valence-electron chi connectivity index (χ2n) is 5.56. The van der Waals surface area contributed by atoms with E-state index in [-0.39, 0.29) is 5.91 Å². The lowest BCUT2D eigenvalue weighted by atomic mass is 9.90. The Morgan fingerprint density at radius 2 is 2.05 bits per heavy atom. The Hall–Kier alpha value is -1.35. The van der Waals surface area contributed by atoms with E-state index in [1.165, 1.54) is 25.7 Å². The van der Waals surface area contributed by atoms with Crippen LogP contribution in [0.15, 0.2) is 29.4 Å². The van der Waals surface area contributed by atoms with Gasteiger partial charge in [0.25, 0.3) is 5.91 Å². The van der Waals surface area contributed by atoms with Crippen LogP contribution in [-0.4, -0.2) is 12.1 Å². The maximum atomic E-state index is 11.8. The van der Waals surface area contributed by atoms with Crippen LogP contribution in [0.1, 0.15) is 36.0 Å². The number of hydrogen-bond donors (Lipinski definition) is 1. The van der Waals surface area contributed by atoms with E-state index in [4.69, 9.17) is 11.6 Å². The predicted octanol–water partition coefficient (Wildman–Crippen LogP) is 3.49. The molecule has 2 aliphatic rings. The number of carbonyl (C=O) groups is 1. The molecule has 2 bridgehead atoms. The van der Waals surface area contributed by atoms with Crippen molar-refractivity contribution in [2.75, 3.05) is 0 Å². The van der Waals surface area contributed by atoms with Gasteiger partial charge in [0.05, 0.1) is 0 Å². The molecule has 0 radical (unpaired) electrons. The van der Waals surface area contributed by atoms with Crippen LogP contribution in [0.25, 0.3) is 0 Å². The molecule has 3 rings (SSSR count). The Morgan fingerprint density at radius 1 is 1.26 bits per heavy atom. The molecule has 0 aromatic heterocycles. The summed E-state index contributed by atoms with van der Waals surface area (Å²) < 4.78 is 0. The topological polar surface area (TPSA) is 41.5 Å². The molecule has 1 aromatic rings. The summed E-state index contributed by atoms with van der Waals surface area (Å²) in [5.74, 6) is 2.06. The van der Waals surface area contributed by atoms with Gasteiger partial charge in [-0.05, 0) is 61.3 Å². The molecule has 1 amide bonds. The minimum Gasteiger partial charge on any atom is -0.267 e. The highest BCUT2D eigenvalue weighted by atomic mass is 35.5. The Balaban J connectivity index is 1.54. The smallest absolute Gasteiger partial charge is 0.267 e. The number of hydrazone groups is 1. The second-order valence-corrected chi connectivity index (χ2v) is 6.00. The van der Waals surface area contributed by atoms with Crippen LogP contribution in [0.2, 0.25) is 5.02 Å². The number of rotatable bonds is 3. The highest BCUT2D eigenvalue weighted by Gasteiger charge is 2.38. The third kappa shape index (κ3) is 2.81. The zero-order valence-electron chi connectivity index (χ0n) is 10.7. The van der Waals surface area contributed by atoms with Crippen molar-refractivity contribution in [3.8, 4) is 0 Å². The number of nitrogens with one attached hydrogen (secondary N) is 1. The van der Waals surface area contributed by atoms with Crippen molar-refractivity contribution < 1.29 is 4.79 Å². The van der Waals surface area contributed by atoms with Crippen molar-refractivity contribution in [1.82, 2.24) is 5.43 Å². The average Bonchev–Trinajstić information content (AvgIpc) is 3.02. The van der Waals surface area contributed by atoms with Crippen LogP contribution in [-0.2, 0) is 0 Å². The van der Waals surface area contributed by atoms with Gasteiger partial charge in [-0.25, -0.2) is 5.43 Å². The summed E-state index contributed by atoms with van der Waals surface area (Å²) in [7, 11) is 0. The molecule has 2 fully saturated rings. The Morgan fingerprint density at radius 3 is 2.68 bits per heavy atom. The van der Waals surface area contributed by atoms with Crippen LogP contribution in [0, 0.1) is 17.8 Å². The highest BCUT2D eigenvalue weighted by Crippen LogP contribution is 2.47. The van der Waals surface area contributed by atoms with Crippen molar-refractivity contribution in [1.29, 1.82) is 0 Å². The van der Waals surface area contributed by atoms with E-state index >= 15 is 0 Å². The Kier molecular flexibility index (Phi) is 3.56. The van der Waals surface area contributed by atoms with Crippen molar-refractivity contribution in [2.24, 2.45) is 22.9 Å². The molecular formula is C15H17ClN2O. The molecule has 0 heterocycles. The average molecular weight is 277 g/mol. The van der Waals surface area contributed by atoms with Gasteiger partial charge in [0.15, 0.2) is 0 Å². The van der Waals surface area contributed by atoms with Crippen LogP contribution in [0.4, 0.5) is 0 Å². The number of nitrogens with zero attached hydrogens (tertiary/aromatic N) is 1. The van der Waals surface area contributed by atoms with Crippen LogP contribution in [0.3, 0.4) is 0 Å². The molecule has 19 heavy (non-hydrogen) atoms. The number of amides is 1. The maximum Gasteiger partial charge on any atom is 0.271 e. The fourth-order valence-corrected chi connectivity index (χ4v) is 3.46. The standard InChI is InChI=1S/C15H17ClN2O/c16-14-5-3-11(4-6-14)15(19)18-17-9-13-8-10-1-2-12(13)7-10/h3-6,9-10,12-13H,1-2,7-8H2,(H,18,19)/b17-9-/t10-,12+,13+/m0/s1. The minimum absolute atomic E-state index is 0.184. The predicted molar refractivity (Wildman–Crippen MR) is 76.3 cm³/mol. The van der Waals surface area contributed by atoms with Gasteiger partial charge in [0, 0.05) is 16.8 Å². The van der Waals surface area contributed by atoms with Gasteiger partial charge >= 0.3 is 0 Å².